The minimum absolute atomic E-state index is 0.103. The molecule has 0 bridgehead atoms. The minimum atomic E-state index is -0.510. The first-order valence-corrected chi connectivity index (χ1v) is 7.71. The van der Waals surface area contributed by atoms with Gasteiger partial charge in [-0.05, 0) is 69.3 Å². The average Bonchev–Trinajstić information content (AvgIpc) is 2.48. The number of esters is 1. The Labute approximate surface area is 142 Å². The van der Waals surface area contributed by atoms with Gasteiger partial charge in [0.05, 0.1) is 5.56 Å². The molecule has 5 heteroatoms. The molecule has 0 unspecified atom stereocenters. The van der Waals surface area contributed by atoms with E-state index >= 15 is 0 Å². The molecular weight excluding hydrogens is 304 g/mol. The SMILES string of the molecule is CC(=O)Nc1ccc(Nc2ccc(C(=O)OC(C)(C)C)cc2)cc1. The van der Waals surface area contributed by atoms with E-state index in [9.17, 15) is 9.59 Å². The van der Waals surface area contributed by atoms with Gasteiger partial charge in [0, 0.05) is 24.0 Å². The van der Waals surface area contributed by atoms with Crippen LogP contribution in [0.5, 0.6) is 0 Å². The standard InChI is InChI=1S/C19H22N2O3/c1-13(22)20-15-9-11-17(12-10-15)21-16-7-5-14(6-8-16)18(23)24-19(2,3)4/h5-12,21H,1-4H3,(H,20,22). The van der Waals surface area contributed by atoms with Gasteiger partial charge < -0.3 is 15.4 Å². The van der Waals surface area contributed by atoms with Crippen LogP contribution in [-0.2, 0) is 9.53 Å². The lowest BCUT2D eigenvalue weighted by molar-refractivity contribution is -0.114. The molecule has 0 aliphatic rings. The highest BCUT2D eigenvalue weighted by Gasteiger charge is 2.17. The first-order valence-electron chi connectivity index (χ1n) is 7.71. The fourth-order valence-corrected chi connectivity index (χ4v) is 2.03. The van der Waals surface area contributed by atoms with E-state index in [4.69, 9.17) is 4.74 Å². The van der Waals surface area contributed by atoms with Crippen LogP contribution in [0.15, 0.2) is 48.5 Å². The third-order valence-electron chi connectivity index (χ3n) is 3.01. The second-order valence-corrected chi connectivity index (χ2v) is 6.46. The summed E-state index contributed by atoms with van der Waals surface area (Å²) in [5.74, 6) is -0.442. The molecule has 0 aliphatic carbocycles. The molecule has 0 saturated heterocycles. The predicted octanol–water partition coefficient (Wildman–Crippen LogP) is 4.34. The van der Waals surface area contributed by atoms with Crippen molar-refractivity contribution in [3.63, 3.8) is 0 Å². The highest BCUT2D eigenvalue weighted by molar-refractivity contribution is 5.90. The van der Waals surface area contributed by atoms with Crippen molar-refractivity contribution >= 4 is 28.9 Å². The fourth-order valence-electron chi connectivity index (χ4n) is 2.03. The number of benzene rings is 2. The number of carbonyl (C=O) groups excluding carboxylic acids is 2. The maximum Gasteiger partial charge on any atom is 0.338 e. The largest absolute Gasteiger partial charge is 0.456 e. The normalized spacial score (nSPS) is 10.8. The molecule has 0 atom stereocenters. The zero-order valence-electron chi connectivity index (χ0n) is 14.3. The number of carbonyl (C=O) groups is 2. The van der Waals surface area contributed by atoms with Crippen LogP contribution >= 0.6 is 0 Å². The van der Waals surface area contributed by atoms with Gasteiger partial charge >= 0.3 is 5.97 Å². The fraction of sp³-hybridized carbons (Fsp3) is 0.263. The third kappa shape index (κ3) is 5.43. The lowest BCUT2D eigenvalue weighted by Crippen LogP contribution is -2.23. The topological polar surface area (TPSA) is 67.4 Å². The van der Waals surface area contributed by atoms with Gasteiger partial charge in [0.15, 0.2) is 0 Å². The minimum Gasteiger partial charge on any atom is -0.456 e. The molecule has 2 N–H and O–H groups in total. The van der Waals surface area contributed by atoms with Crippen molar-refractivity contribution in [1.82, 2.24) is 0 Å². The summed E-state index contributed by atoms with van der Waals surface area (Å²) in [6.07, 6.45) is 0. The van der Waals surface area contributed by atoms with Crippen molar-refractivity contribution in [3.8, 4) is 0 Å². The molecule has 2 aromatic carbocycles. The Morgan fingerprint density at radius 2 is 1.29 bits per heavy atom. The van der Waals surface area contributed by atoms with Gasteiger partial charge in [-0.25, -0.2) is 4.79 Å². The number of nitrogens with one attached hydrogen (secondary N) is 2. The molecule has 0 fully saturated rings. The van der Waals surface area contributed by atoms with Gasteiger partial charge in [-0.2, -0.15) is 0 Å². The van der Waals surface area contributed by atoms with Crippen molar-refractivity contribution in [2.24, 2.45) is 0 Å². The summed E-state index contributed by atoms with van der Waals surface area (Å²) in [7, 11) is 0. The Morgan fingerprint density at radius 1 is 0.833 bits per heavy atom. The summed E-state index contributed by atoms with van der Waals surface area (Å²) in [6, 6.07) is 14.5. The van der Waals surface area contributed by atoms with Crippen LogP contribution in [0, 0.1) is 0 Å². The second-order valence-electron chi connectivity index (χ2n) is 6.46. The molecule has 24 heavy (non-hydrogen) atoms. The number of rotatable bonds is 4. The van der Waals surface area contributed by atoms with Crippen LogP contribution < -0.4 is 10.6 Å². The Morgan fingerprint density at radius 3 is 1.75 bits per heavy atom. The molecule has 0 aliphatic heterocycles. The van der Waals surface area contributed by atoms with E-state index in [1.54, 1.807) is 12.1 Å². The van der Waals surface area contributed by atoms with Crippen molar-refractivity contribution in [1.29, 1.82) is 0 Å². The van der Waals surface area contributed by atoms with Gasteiger partial charge in [-0.3, -0.25) is 4.79 Å². The second kappa shape index (κ2) is 7.17. The number of ether oxygens (including phenoxy) is 1. The van der Waals surface area contributed by atoms with Crippen molar-refractivity contribution in [2.45, 2.75) is 33.3 Å². The third-order valence-corrected chi connectivity index (χ3v) is 3.01. The van der Waals surface area contributed by atoms with Crippen molar-refractivity contribution in [3.05, 3.63) is 54.1 Å². The molecule has 0 heterocycles. The molecule has 0 radical (unpaired) electrons. The summed E-state index contributed by atoms with van der Waals surface area (Å²) in [5.41, 5.74) is 2.48. The molecule has 126 valence electrons. The number of amides is 1. The quantitative estimate of drug-likeness (QED) is 0.820. The first-order chi connectivity index (χ1) is 11.2. The van der Waals surface area contributed by atoms with E-state index in [2.05, 4.69) is 10.6 Å². The number of anilines is 3. The van der Waals surface area contributed by atoms with E-state index in [-0.39, 0.29) is 11.9 Å². The number of hydrogen-bond donors (Lipinski definition) is 2. The summed E-state index contributed by atoms with van der Waals surface area (Å²) in [5, 5.41) is 5.95. The van der Waals surface area contributed by atoms with Crippen LogP contribution in [0.2, 0.25) is 0 Å². The maximum atomic E-state index is 12.0. The zero-order valence-corrected chi connectivity index (χ0v) is 14.3. The summed E-state index contributed by atoms with van der Waals surface area (Å²) in [6.45, 7) is 6.99. The van der Waals surface area contributed by atoms with Crippen LogP contribution in [-0.4, -0.2) is 17.5 Å². The van der Waals surface area contributed by atoms with E-state index in [1.165, 1.54) is 6.92 Å². The lowest BCUT2D eigenvalue weighted by Gasteiger charge is -2.19. The summed E-state index contributed by atoms with van der Waals surface area (Å²) >= 11 is 0. The van der Waals surface area contributed by atoms with Gasteiger partial charge in [0.1, 0.15) is 5.60 Å². The van der Waals surface area contributed by atoms with Crippen molar-refractivity contribution in [2.75, 3.05) is 10.6 Å². The monoisotopic (exact) mass is 326 g/mol. The van der Waals surface area contributed by atoms with Gasteiger partial charge in [0.25, 0.3) is 0 Å². The summed E-state index contributed by atoms with van der Waals surface area (Å²) in [4.78, 5) is 23.0. The van der Waals surface area contributed by atoms with Crippen LogP contribution in [0.4, 0.5) is 17.1 Å². The van der Waals surface area contributed by atoms with E-state index in [0.717, 1.165) is 17.1 Å². The van der Waals surface area contributed by atoms with Gasteiger partial charge in [-0.15, -0.1) is 0 Å². The Hall–Kier alpha value is -2.82. The summed E-state index contributed by atoms with van der Waals surface area (Å²) < 4.78 is 5.33. The Kier molecular flexibility index (Phi) is 5.24. The van der Waals surface area contributed by atoms with E-state index < -0.39 is 5.60 Å². The molecule has 5 nitrogen and oxygen atoms in total. The number of hydrogen-bond acceptors (Lipinski definition) is 4. The maximum absolute atomic E-state index is 12.0. The molecule has 0 aromatic heterocycles. The molecule has 0 saturated carbocycles. The molecule has 1 amide bonds. The van der Waals surface area contributed by atoms with E-state index in [1.807, 2.05) is 57.2 Å². The highest BCUT2D eigenvalue weighted by Crippen LogP contribution is 2.20. The Bertz CT molecular complexity index is 714. The smallest absolute Gasteiger partial charge is 0.338 e. The molecular formula is C19H22N2O3. The van der Waals surface area contributed by atoms with Gasteiger partial charge in [-0.1, -0.05) is 0 Å². The van der Waals surface area contributed by atoms with Crippen LogP contribution in [0.25, 0.3) is 0 Å². The molecule has 2 aromatic rings. The van der Waals surface area contributed by atoms with Crippen LogP contribution in [0.3, 0.4) is 0 Å². The highest BCUT2D eigenvalue weighted by atomic mass is 16.6. The van der Waals surface area contributed by atoms with Gasteiger partial charge in [0.2, 0.25) is 5.91 Å². The molecule has 0 spiro atoms. The van der Waals surface area contributed by atoms with Crippen LogP contribution in [0.1, 0.15) is 38.1 Å². The lowest BCUT2D eigenvalue weighted by atomic mass is 10.1. The van der Waals surface area contributed by atoms with Crippen molar-refractivity contribution < 1.29 is 14.3 Å². The van der Waals surface area contributed by atoms with E-state index in [0.29, 0.717) is 5.56 Å². The Balaban J connectivity index is 2.01. The first kappa shape index (κ1) is 17.5. The average molecular weight is 326 g/mol. The predicted molar refractivity (Wildman–Crippen MR) is 95.6 cm³/mol. The molecule has 2 rings (SSSR count). The zero-order chi connectivity index (χ0) is 17.7.